The summed E-state index contributed by atoms with van der Waals surface area (Å²) in [6.07, 6.45) is 3.65. The molecule has 0 atom stereocenters. The van der Waals surface area contributed by atoms with Crippen LogP contribution < -0.4 is 10.6 Å². The van der Waals surface area contributed by atoms with E-state index in [1.807, 2.05) is 0 Å². The van der Waals surface area contributed by atoms with Crippen LogP contribution in [0, 0.1) is 0 Å². The largest absolute Gasteiger partial charge is 0.317 e. The standard InChI is InChI=1S/C13H19BrN2/c14-12-3-1-11(2-4-12)5-10-16-13-6-8-15-9-7-13/h1-4,13,15-16H,5-10H2. The molecule has 1 heterocycles. The highest BCUT2D eigenvalue weighted by molar-refractivity contribution is 9.10. The molecule has 16 heavy (non-hydrogen) atoms. The van der Waals surface area contributed by atoms with E-state index < -0.39 is 0 Å². The van der Waals surface area contributed by atoms with Gasteiger partial charge in [0.05, 0.1) is 0 Å². The fourth-order valence-electron chi connectivity index (χ4n) is 2.10. The van der Waals surface area contributed by atoms with Gasteiger partial charge >= 0.3 is 0 Å². The van der Waals surface area contributed by atoms with Crippen molar-refractivity contribution in [3.05, 3.63) is 34.3 Å². The Morgan fingerprint density at radius 1 is 1.19 bits per heavy atom. The second kappa shape index (κ2) is 6.38. The molecule has 2 rings (SSSR count). The van der Waals surface area contributed by atoms with Crippen LogP contribution in [0.4, 0.5) is 0 Å². The van der Waals surface area contributed by atoms with Gasteiger partial charge in [0, 0.05) is 10.5 Å². The van der Waals surface area contributed by atoms with Crippen LogP contribution in [0.5, 0.6) is 0 Å². The summed E-state index contributed by atoms with van der Waals surface area (Å²) in [4.78, 5) is 0. The minimum absolute atomic E-state index is 0.719. The van der Waals surface area contributed by atoms with E-state index in [9.17, 15) is 0 Å². The molecule has 0 bridgehead atoms. The van der Waals surface area contributed by atoms with E-state index in [4.69, 9.17) is 0 Å². The van der Waals surface area contributed by atoms with Crippen molar-refractivity contribution in [3.8, 4) is 0 Å². The van der Waals surface area contributed by atoms with Gasteiger partial charge in [-0.05, 0) is 56.6 Å². The van der Waals surface area contributed by atoms with Gasteiger partial charge in [0.15, 0.2) is 0 Å². The van der Waals surface area contributed by atoms with E-state index in [0.29, 0.717) is 0 Å². The highest BCUT2D eigenvalue weighted by atomic mass is 79.9. The zero-order valence-electron chi connectivity index (χ0n) is 9.51. The molecule has 0 aliphatic carbocycles. The molecule has 1 aromatic carbocycles. The lowest BCUT2D eigenvalue weighted by Gasteiger charge is -2.23. The van der Waals surface area contributed by atoms with Gasteiger partial charge < -0.3 is 10.6 Å². The van der Waals surface area contributed by atoms with Crippen molar-refractivity contribution < 1.29 is 0 Å². The number of piperidine rings is 1. The van der Waals surface area contributed by atoms with Gasteiger partial charge in [-0.25, -0.2) is 0 Å². The van der Waals surface area contributed by atoms with Gasteiger partial charge in [-0.15, -0.1) is 0 Å². The normalized spacial score (nSPS) is 17.6. The number of hydrogen-bond donors (Lipinski definition) is 2. The number of halogens is 1. The quantitative estimate of drug-likeness (QED) is 0.886. The van der Waals surface area contributed by atoms with Crippen LogP contribution in [0.25, 0.3) is 0 Å². The predicted octanol–water partition coefficient (Wildman–Crippen LogP) is 2.33. The smallest absolute Gasteiger partial charge is 0.0175 e. The summed E-state index contributed by atoms with van der Waals surface area (Å²) in [7, 11) is 0. The third-order valence-corrected chi connectivity index (χ3v) is 3.63. The number of nitrogens with one attached hydrogen (secondary N) is 2. The van der Waals surface area contributed by atoms with Gasteiger partial charge in [0.2, 0.25) is 0 Å². The van der Waals surface area contributed by atoms with Crippen molar-refractivity contribution in [2.75, 3.05) is 19.6 Å². The molecule has 0 saturated carbocycles. The highest BCUT2D eigenvalue weighted by Gasteiger charge is 2.11. The maximum atomic E-state index is 3.63. The van der Waals surface area contributed by atoms with Crippen molar-refractivity contribution >= 4 is 15.9 Å². The minimum atomic E-state index is 0.719. The minimum Gasteiger partial charge on any atom is -0.317 e. The molecule has 1 aliphatic rings. The molecule has 0 unspecified atom stereocenters. The Kier molecular flexibility index (Phi) is 4.82. The topological polar surface area (TPSA) is 24.1 Å². The number of rotatable bonds is 4. The zero-order valence-corrected chi connectivity index (χ0v) is 11.1. The van der Waals surface area contributed by atoms with Crippen molar-refractivity contribution in [1.29, 1.82) is 0 Å². The maximum absolute atomic E-state index is 3.63. The van der Waals surface area contributed by atoms with Crippen molar-refractivity contribution in [2.45, 2.75) is 25.3 Å². The van der Waals surface area contributed by atoms with E-state index in [1.165, 1.54) is 18.4 Å². The van der Waals surface area contributed by atoms with E-state index >= 15 is 0 Å². The average molecular weight is 283 g/mol. The third kappa shape index (κ3) is 3.89. The second-order valence-electron chi connectivity index (χ2n) is 4.35. The summed E-state index contributed by atoms with van der Waals surface area (Å²) in [5.41, 5.74) is 1.41. The second-order valence-corrected chi connectivity index (χ2v) is 5.27. The van der Waals surface area contributed by atoms with Crippen LogP contribution in [-0.4, -0.2) is 25.7 Å². The summed E-state index contributed by atoms with van der Waals surface area (Å²) >= 11 is 3.45. The van der Waals surface area contributed by atoms with Crippen LogP contribution >= 0.6 is 15.9 Å². The number of hydrogen-bond acceptors (Lipinski definition) is 2. The molecule has 0 radical (unpaired) electrons. The van der Waals surface area contributed by atoms with Crippen LogP contribution in [0.15, 0.2) is 28.7 Å². The molecule has 1 aliphatic heterocycles. The van der Waals surface area contributed by atoms with Gasteiger partial charge in [0.25, 0.3) is 0 Å². The molecular weight excluding hydrogens is 264 g/mol. The van der Waals surface area contributed by atoms with Gasteiger partial charge in [-0.3, -0.25) is 0 Å². The molecule has 1 aromatic rings. The Bertz CT molecular complexity index is 304. The lowest BCUT2D eigenvalue weighted by atomic mass is 10.1. The Morgan fingerprint density at radius 2 is 1.88 bits per heavy atom. The molecule has 0 aromatic heterocycles. The fraction of sp³-hybridized carbons (Fsp3) is 0.538. The van der Waals surface area contributed by atoms with Crippen LogP contribution in [-0.2, 0) is 6.42 Å². The maximum Gasteiger partial charge on any atom is 0.0175 e. The Morgan fingerprint density at radius 3 is 2.56 bits per heavy atom. The molecule has 1 saturated heterocycles. The van der Waals surface area contributed by atoms with Crippen molar-refractivity contribution in [3.63, 3.8) is 0 Å². The lowest BCUT2D eigenvalue weighted by Crippen LogP contribution is -2.40. The third-order valence-electron chi connectivity index (χ3n) is 3.10. The number of benzene rings is 1. The van der Waals surface area contributed by atoms with Gasteiger partial charge in [-0.1, -0.05) is 28.1 Å². The molecule has 1 fully saturated rings. The fourth-order valence-corrected chi connectivity index (χ4v) is 2.36. The molecule has 0 spiro atoms. The zero-order chi connectivity index (χ0) is 11.2. The summed E-state index contributed by atoms with van der Waals surface area (Å²) in [6, 6.07) is 9.32. The molecule has 0 amide bonds. The molecule has 3 heteroatoms. The lowest BCUT2D eigenvalue weighted by molar-refractivity contribution is 0.389. The molecule has 2 N–H and O–H groups in total. The Hall–Kier alpha value is -0.380. The summed E-state index contributed by atoms with van der Waals surface area (Å²) in [5, 5.41) is 7.02. The van der Waals surface area contributed by atoms with Crippen molar-refractivity contribution in [2.24, 2.45) is 0 Å². The van der Waals surface area contributed by atoms with E-state index in [-0.39, 0.29) is 0 Å². The molecular formula is C13H19BrN2. The van der Waals surface area contributed by atoms with Gasteiger partial charge in [-0.2, -0.15) is 0 Å². The molecule has 2 nitrogen and oxygen atoms in total. The first-order valence-electron chi connectivity index (χ1n) is 6.03. The highest BCUT2D eigenvalue weighted by Crippen LogP contribution is 2.10. The first-order chi connectivity index (χ1) is 7.84. The Balaban J connectivity index is 1.69. The summed E-state index contributed by atoms with van der Waals surface area (Å²) in [5.74, 6) is 0. The average Bonchev–Trinajstić information content (AvgIpc) is 2.33. The summed E-state index contributed by atoms with van der Waals surface area (Å²) < 4.78 is 1.16. The van der Waals surface area contributed by atoms with Crippen LogP contribution in [0.2, 0.25) is 0 Å². The SMILES string of the molecule is Brc1ccc(CCNC2CCNCC2)cc1. The van der Waals surface area contributed by atoms with Gasteiger partial charge in [0.1, 0.15) is 0 Å². The van der Waals surface area contributed by atoms with E-state index in [2.05, 4.69) is 50.8 Å². The van der Waals surface area contributed by atoms with Crippen molar-refractivity contribution in [1.82, 2.24) is 10.6 Å². The Labute approximate surface area is 106 Å². The van der Waals surface area contributed by atoms with Crippen LogP contribution in [0.1, 0.15) is 18.4 Å². The van der Waals surface area contributed by atoms with E-state index in [0.717, 1.165) is 36.6 Å². The van der Waals surface area contributed by atoms with Crippen LogP contribution in [0.3, 0.4) is 0 Å². The predicted molar refractivity (Wildman–Crippen MR) is 71.7 cm³/mol. The molecule has 88 valence electrons. The first kappa shape index (κ1) is 12.1. The summed E-state index contributed by atoms with van der Waals surface area (Å²) in [6.45, 7) is 3.41. The monoisotopic (exact) mass is 282 g/mol. The van der Waals surface area contributed by atoms with E-state index in [1.54, 1.807) is 0 Å². The first-order valence-corrected chi connectivity index (χ1v) is 6.82.